The zero-order valence-corrected chi connectivity index (χ0v) is 16.1. The summed E-state index contributed by atoms with van der Waals surface area (Å²) in [6.07, 6.45) is 0.547. The van der Waals surface area contributed by atoms with E-state index in [0.717, 1.165) is 29.0 Å². The van der Waals surface area contributed by atoms with E-state index in [9.17, 15) is 0 Å². The van der Waals surface area contributed by atoms with Crippen LogP contribution in [0, 0.1) is 5.92 Å². The zero-order valence-electron chi connectivity index (χ0n) is 16.1. The molecule has 4 nitrogen and oxygen atoms in total. The first kappa shape index (κ1) is 18.5. The molecule has 3 aromatic carbocycles. The second-order valence-electron chi connectivity index (χ2n) is 6.93. The second-order valence-corrected chi connectivity index (χ2v) is 6.93. The molecule has 1 heterocycles. The maximum Gasteiger partial charge on any atom is 0.124 e. The van der Waals surface area contributed by atoms with E-state index < -0.39 is 0 Å². The lowest BCUT2D eigenvalue weighted by Gasteiger charge is -2.21. The molecule has 0 radical (unpaired) electrons. The first-order chi connectivity index (χ1) is 13.8. The molecule has 28 heavy (non-hydrogen) atoms. The van der Waals surface area contributed by atoms with E-state index in [2.05, 4.69) is 24.3 Å². The summed E-state index contributed by atoms with van der Waals surface area (Å²) < 4.78 is 10.6. The quantitative estimate of drug-likeness (QED) is 0.547. The summed E-state index contributed by atoms with van der Waals surface area (Å²) in [7, 11) is 3.34. The molecule has 1 fully saturated rings. The predicted molar refractivity (Wildman–Crippen MR) is 107 cm³/mol. The Labute approximate surface area is 165 Å². The van der Waals surface area contributed by atoms with E-state index in [1.165, 1.54) is 5.56 Å². The van der Waals surface area contributed by atoms with Crippen molar-refractivity contribution in [1.29, 1.82) is 0 Å². The van der Waals surface area contributed by atoms with Gasteiger partial charge in [-0.1, -0.05) is 54.6 Å². The highest BCUT2D eigenvalue weighted by Gasteiger charge is 2.41. The van der Waals surface area contributed by atoms with Crippen molar-refractivity contribution in [3.05, 3.63) is 95.6 Å². The minimum Gasteiger partial charge on any atom is -0.497 e. The molecular weight excluding hydrogens is 352 g/mol. The number of rotatable bonds is 6. The van der Waals surface area contributed by atoms with Gasteiger partial charge >= 0.3 is 0 Å². The molecule has 0 bridgehead atoms. The largest absolute Gasteiger partial charge is 0.497 e. The number of benzene rings is 3. The van der Waals surface area contributed by atoms with Crippen molar-refractivity contribution in [3.63, 3.8) is 0 Å². The Hall–Kier alpha value is -2.82. The molecule has 1 saturated heterocycles. The van der Waals surface area contributed by atoms with Crippen molar-refractivity contribution >= 4 is 0 Å². The van der Waals surface area contributed by atoms with Crippen LogP contribution in [0.4, 0.5) is 0 Å². The maximum atomic E-state index is 5.85. The molecule has 144 valence electrons. The Bertz CT molecular complexity index is 819. The Balaban J connectivity index is 1.64. The lowest BCUT2D eigenvalue weighted by atomic mass is 9.83. The molecule has 1 aliphatic heterocycles. The van der Waals surface area contributed by atoms with E-state index in [4.69, 9.17) is 19.2 Å². The molecule has 0 aromatic heterocycles. The normalized spacial score (nSPS) is 19.5. The molecular formula is C24H24O4. The fourth-order valence-corrected chi connectivity index (χ4v) is 3.71. The van der Waals surface area contributed by atoms with E-state index in [0.29, 0.717) is 0 Å². The monoisotopic (exact) mass is 376 g/mol. The Kier molecular flexibility index (Phi) is 5.60. The summed E-state index contributed by atoms with van der Waals surface area (Å²) in [6, 6.07) is 26.5. The van der Waals surface area contributed by atoms with Crippen molar-refractivity contribution in [2.75, 3.05) is 14.2 Å². The first-order valence-electron chi connectivity index (χ1n) is 9.42. The fraction of sp³-hybridized carbons (Fsp3) is 0.250. The lowest BCUT2D eigenvalue weighted by Crippen LogP contribution is -2.16. The average Bonchev–Trinajstić information content (AvgIpc) is 3.18. The summed E-state index contributed by atoms with van der Waals surface area (Å²) in [4.78, 5) is 11.7. The van der Waals surface area contributed by atoms with Crippen LogP contribution in [0.15, 0.2) is 78.9 Å². The predicted octanol–water partition coefficient (Wildman–Crippen LogP) is 5.31. The molecule has 4 rings (SSSR count). The second kappa shape index (κ2) is 8.46. The van der Waals surface area contributed by atoms with Crippen molar-refractivity contribution in [3.8, 4) is 11.5 Å². The SMILES string of the molecule is COc1ccc([C@H]2OO[C@H](c3ccc(OC)cc3)C2Cc2ccccc2)cc1. The van der Waals surface area contributed by atoms with Gasteiger partial charge < -0.3 is 9.47 Å². The highest BCUT2D eigenvalue weighted by Crippen LogP contribution is 2.46. The molecule has 3 aromatic rings. The van der Waals surface area contributed by atoms with E-state index in [1.54, 1.807) is 14.2 Å². The standard InChI is InChI=1S/C24H24O4/c1-25-20-12-8-18(9-13-20)23-22(16-17-6-4-3-5-7-17)24(28-27-23)19-10-14-21(26-2)15-11-19/h3-15,22-24H,16H2,1-2H3/t23-,24-/m1/s1. The number of hydrogen-bond acceptors (Lipinski definition) is 4. The fourth-order valence-electron chi connectivity index (χ4n) is 3.71. The molecule has 0 unspecified atom stereocenters. The van der Waals surface area contributed by atoms with Gasteiger partial charge in [0.1, 0.15) is 23.7 Å². The van der Waals surface area contributed by atoms with Gasteiger partial charge in [-0.3, -0.25) is 0 Å². The molecule has 0 amide bonds. The molecule has 0 aliphatic carbocycles. The molecule has 4 heteroatoms. The van der Waals surface area contributed by atoms with Crippen LogP contribution < -0.4 is 9.47 Å². The van der Waals surface area contributed by atoms with Crippen LogP contribution in [-0.2, 0) is 16.2 Å². The molecule has 1 aliphatic rings. The van der Waals surface area contributed by atoms with Gasteiger partial charge in [0.05, 0.1) is 14.2 Å². The maximum absolute atomic E-state index is 5.85. The molecule has 0 spiro atoms. The smallest absolute Gasteiger partial charge is 0.124 e. The van der Waals surface area contributed by atoms with Crippen molar-refractivity contribution in [2.45, 2.75) is 18.6 Å². The van der Waals surface area contributed by atoms with E-state index in [-0.39, 0.29) is 18.1 Å². The van der Waals surface area contributed by atoms with Crippen molar-refractivity contribution < 1.29 is 19.2 Å². The Morgan fingerprint density at radius 1 is 0.643 bits per heavy atom. The van der Waals surface area contributed by atoms with Crippen LogP contribution in [0.2, 0.25) is 0 Å². The van der Waals surface area contributed by atoms with Gasteiger partial charge in [-0.25, -0.2) is 9.78 Å². The van der Waals surface area contributed by atoms with Crippen LogP contribution in [0.1, 0.15) is 28.9 Å². The third-order valence-electron chi connectivity index (χ3n) is 5.24. The molecule has 2 atom stereocenters. The van der Waals surface area contributed by atoms with Crippen molar-refractivity contribution in [2.24, 2.45) is 5.92 Å². The third kappa shape index (κ3) is 3.88. The van der Waals surface area contributed by atoms with Crippen LogP contribution >= 0.6 is 0 Å². The molecule has 0 saturated carbocycles. The summed E-state index contributed by atoms with van der Waals surface area (Å²) in [5.41, 5.74) is 3.43. The minimum absolute atomic E-state index is 0.143. The summed E-state index contributed by atoms with van der Waals surface area (Å²) in [5.74, 6) is 1.80. The topological polar surface area (TPSA) is 36.9 Å². The number of hydrogen-bond donors (Lipinski definition) is 0. The highest BCUT2D eigenvalue weighted by molar-refractivity contribution is 5.33. The lowest BCUT2D eigenvalue weighted by molar-refractivity contribution is -0.300. The van der Waals surface area contributed by atoms with Gasteiger partial charge in [0, 0.05) is 5.92 Å². The van der Waals surface area contributed by atoms with Gasteiger partial charge in [-0.05, 0) is 47.4 Å². The van der Waals surface area contributed by atoms with Crippen molar-refractivity contribution in [1.82, 2.24) is 0 Å². The summed E-state index contributed by atoms with van der Waals surface area (Å²) in [5, 5.41) is 0. The van der Waals surface area contributed by atoms with Gasteiger partial charge in [0.15, 0.2) is 0 Å². The average molecular weight is 376 g/mol. The minimum atomic E-state index is -0.154. The third-order valence-corrected chi connectivity index (χ3v) is 5.24. The van der Waals surface area contributed by atoms with Gasteiger partial charge in [-0.2, -0.15) is 0 Å². The Morgan fingerprint density at radius 2 is 1.11 bits per heavy atom. The zero-order chi connectivity index (χ0) is 19.3. The van der Waals surface area contributed by atoms with Crippen LogP contribution in [0.25, 0.3) is 0 Å². The van der Waals surface area contributed by atoms with Gasteiger partial charge in [0.2, 0.25) is 0 Å². The number of ether oxygens (including phenoxy) is 2. The van der Waals surface area contributed by atoms with E-state index >= 15 is 0 Å². The van der Waals surface area contributed by atoms with E-state index in [1.807, 2.05) is 54.6 Å². The van der Waals surface area contributed by atoms with Crippen LogP contribution in [-0.4, -0.2) is 14.2 Å². The van der Waals surface area contributed by atoms with Crippen LogP contribution in [0.3, 0.4) is 0 Å². The van der Waals surface area contributed by atoms with Crippen LogP contribution in [0.5, 0.6) is 11.5 Å². The van der Waals surface area contributed by atoms with Gasteiger partial charge in [-0.15, -0.1) is 0 Å². The Morgan fingerprint density at radius 3 is 1.54 bits per heavy atom. The molecule has 0 N–H and O–H groups in total. The number of methoxy groups -OCH3 is 2. The first-order valence-corrected chi connectivity index (χ1v) is 9.42. The van der Waals surface area contributed by atoms with Gasteiger partial charge in [0.25, 0.3) is 0 Å². The highest BCUT2D eigenvalue weighted by atomic mass is 17.2. The summed E-state index contributed by atoms with van der Waals surface area (Å²) in [6.45, 7) is 0. The summed E-state index contributed by atoms with van der Waals surface area (Å²) >= 11 is 0.